The smallest absolute Gasteiger partial charge is 0.323 e. The van der Waals surface area contributed by atoms with Crippen molar-refractivity contribution in [2.24, 2.45) is 0 Å². The molecule has 1 aliphatic rings. The number of carboxylic acid groups (broad SMARTS) is 1. The summed E-state index contributed by atoms with van der Waals surface area (Å²) >= 11 is 0. The van der Waals surface area contributed by atoms with Crippen molar-refractivity contribution in [2.75, 3.05) is 19.7 Å². The Morgan fingerprint density at radius 1 is 1.42 bits per heavy atom. The fraction of sp³-hybridized carbons (Fsp3) is 0.429. The van der Waals surface area contributed by atoms with Crippen LogP contribution in [0, 0.1) is 0 Å². The quantitative estimate of drug-likeness (QED) is 0.893. The summed E-state index contributed by atoms with van der Waals surface area (Å²) in [7, 11) is 0. The molecule has 1 N–H and O–H groups in total. The number of amides is 1. The molecule has 5 heteroatoms. The molecule has 1 amide bonds. The first-order valence-electron chi connectivity index (χ1n) is 6.35. The number of likely N-dealkylation sites (N-methyl/N-ethyl adjacent to an activating group) is 1. The number of hydrogen-bond acceptors (Lipinski definition) is 3. The fourth-order valence-electron chi connectivity index (χ4n) is 2.33. The number of ether oxygens (including phenoxy) is 1. The van der Waals surface area contributed by atoms with Gasteiger partial charge in [0.05, 0.1) is 12.5 Å². The predicted molar refractivity (Wildman–Crippen MR) is 69.2 cm³/mol. The van der Waals surface area contributed by atoms with E-state index < -0.39 is 5.97 Å². The maximum atomic E-state index is 12.4. The van der Waals surface area contributed by atoms with Crippen LogP contribution in [0.2, 0.25) is 0 Å². The third-order valence-electron chi connectivity index (χ3n) is 3.28. The first-order valence-corrected chi connectivity index (χ1v) is 6.35. The van der Waals surface area contributed by atoms with Crippen molar-refractivity contribution in [3.05, 3.63) is 29.8 Å². The van der Waals surface area contributed by atoms with Crippen molar-refractivity contribution in [3.8, 4) is 5.75 Å². The molecule has 1 aromatic rings. The van der Waals surface area contributed by atoms with Crippen LogP contribution >= 0.6 is 0 Å². The molecule has 1 atom stereocenters. The van der Waals surface area contributed by atoms with Crippen LogP contribution in [0.5, 0.6) is 5.75 Å². The lowest BCUT2D eigenvalue weighted by atomic mass is 9.92. The lowest BCUT2D eigenvalue weighted by Gasteiger charge is -2.29. The lowest BCUT2D eigenvalue weighted by Crippen LogP contribution is -2.40. The first kappa shape index (κ1) is 13.4. The van der Waals surface area contributed by atoms with Crippen LogP contribution in [0.3, 0.4) is 0 Å². The SMILES string of the molecule is CCN(CC(=O)O)C(=O)[C@H]1CCOc2ccccc21. The highest BCUT2D eigenvalue weighted by molar-refractivity contribution is 5.87. The van der Waals surface area contributed by atoms with E-state index in [0.29, 0.717) is 19.6 Å². The molecule has 19 heavy (non-hydrogen) atoms. The normalized spacial score (nSPS) is 17.2. The Balaban J connectivity index is 2.22. The van der Waals surface area contributed by atoms with E-state index in [9.17, 15) is 9.59 Å². The van der Waals surface area contributed by atoms with Crippen LogP contribution in [0.15, 0.2) is 24.3 Å². The number of aliphatic carboxylic acids is 1. The summed E-state index contributed by atoms with van der Waals surface area (Å²) in [4.78, 5) is 24.6. The second-order valence-corrected chi connectivity index (χ2v) is 4.47. The van der Waals surface area contributed by atoms with E-state index in [4.69, 9.17) is 9.84 Å². The summed E-state index contributed by atoms with van der Waals surface area (Å²) in [5, 5.41) is 8.84. The molecule has 0 fully saturated rings. The Kier molecular flexibility index (Phi) is 4.04. The number of para-hydroxylation sites is 1. The zero-order valence-corrected chi connectivity index (χ0v) is 10.8. The molecule has 0 radical (unpaired) electrons. The average molecular weight is 263 g/mol. The van der Waals surface area contributed by atoms with Crippen molar-refractivity contribution < 1.29 is 19.4 Å². The number of carbonyl (C=O) groups is 2. The van der Waals surface area contributed by atoms with Crippen molar-refractivity contribution >= 4 is 11.9 Å². The summed E-state index contributed by atoms with van der Waals surface area (Å²) in [5.41, 5.74) is 0.850. The van der Waals surface area contributed by atoms with Gasteiger partial charge in [-0.05, 0) is 19.4 Å². The Morgan fingerprint density at radius 3 is 2.84 bits per heavy atom. The molecule has 0 saturated carbocycles. The number of carbonyl (C=O) groups excluding carboxylic acids is 1. The van der Waals surface area contributed by atoms with Gasteiger partial charge in [-0.15, -0.1) is 0 Å². The van der Waals surface area contributed by atoms with Gasteiger partial charge in [-0.2, -0.15) is 0 Å². The van der Waals surface area contributed by atoms with Crippen LogP contribution in [0.25, 0.3) is 0 Å². The van der Waals surface area contributed by atoms with Gasteiger partial charge in [-0.3, -0.25) is 9.59 Å². The van der Waals surface area contributed by atoms with Crippen LogP contribution < -0.4 is 4.74 Å². The summed E-state index contributed by atoms with van der Waals surface area (Å²) in [6.07, 6.45) is 0.589. The molecule has 1 heterocycles. The van der Waals surface area contributed by atoms with Gasteiger partial charge in [-0.1, -0.05) is 18.2 Å². The van der Waals surface area contributed by atoms with Gasteiger partial charge in [0, 0.05) is 12.1 Å². The van der Waals surface area contributed by atoms with Gasteiger partial charge < -0.3 is 14.7 Å². The van der Waals surface area contributed by atoms with Crippen molar-refractivity contribution in [3.63, 3.8) is 0 Å². The maximum Gasteiger partial charge on any atom is 0.323 e. The number of benzene rings is 1. The molecule has 0 aromatic heterocycles. The molecule has 0 saturated heterocycles. The molecule has 0 aliphatic carbocycles. The monoisotopic (exact) mass is 263 g/mol. The van der Waals surface area contributed by atoms with E-state index in [1.165, 1.54) is 4.90 Å². The van der Waals surface area contributed by atoms with Crippen LogP contribution in [-0.2, 0) is 9.59 Å². The van der Waals surface area contributed by atoms with Gasteiger partial charge in [0.25, 0.3) is 0 Å². The summed E-state index contributed by atoms with van der Waals surface area (Å²) in [6.45, 7) is 2.41. The average Bonchev–Trinajstić information content (AvgIpc) is 2.43. The molecule has 0 unspecified atom stereocenters. The van der Waals surface area contributed by atoms with Gasteiger partial charge >= 0.3 is 5.97 Å². The molecule has 2 rings (SSSR count). The number of hydrogen-bond donors (Lipinski definition) is 1. The van der Waals surface area contributed by atoms with E-state index in [1.54, 1.807) is 6.92 Å². The number of carboxylic acids is 1. The maximum absolute atomic E-state index is 12.4. The summed E-state index contributed by atoms with van der Waals surface area (Å²) < 4.78 is 5.51. The third kappa shape index (κ3) is 2.86. The highest BCUT2D eigenvalue weighted by Crippen LogP contribution is 2.34. The predicted octanol–water partition coefficient (Wildman–Crippen LogP) is 1.49. The topological polar surface area (TPSA) is 66.8 Å². The molecule has 1 aromatic carbocycles. The van der Waals surface area contributed by atoms with Gasteiger partial charge in [0.1, 0.15) is 12.3 Å². The van der Waals surface area contributed by atoms with Crippen molar-refractivity contribution in [2.45, 2.75) is 19.3 Å². The van der Waals surface area contributed by atoms with E-state index in [2.05, 4.69) is 0 Å². The Bertz CT molecular complexity index is 486. The Labute approximate surface area is 111 Å². The standard InChI is InChI=1S/C14H17NO4/c1-2-15(9-13(16)17)14(18)11-7-8-19-12-6-4-3-5-10(11)12/h3-6,11H,2,7-9H2,1H3,(H,16,17)/t11-/m0/s1. The van der Waals surface area contributed by atoms with Gasteiger partial charge in [0.2, 0.25) is 5.91 Å². The van der Waals surface area contributed by atoms with Crippen molar-refractivity contribution in [1.29, 1.82) is 0 Å². The molecule has 1 aliphatic heterocycles. The minimum absolute atomic E-state index is 0.138. The molecule has 0 spiro atoms. The second kappa shape index (κ2) is 5.73. The zero-order valence-electron chi connectivity index (χ0n) is 10.8. The third-order valence-corrected chi connectivity index (χ3v) is 3.28. The Hall–Kier alpha value is -2.04. The molecule has 102 valence electrons. The molecule has 0 bridgehead atoms. The minimum atomic E-state index is -0.990. The fourth-order valence-corrected chi connectivity index (χ4v) is 2.33. The van der Waals surface area contributed by atoms with Gasteiger partial charge in [0.15, 0.2) is 0 Å². The lowest BCUT2D eigenvalue weighted by molar-refractivity contribution is -0.145. The largest absolute Gasteiger partial charge is 0.493 e. The van der Waals surface area contributed by atoms with Crippen LogP contribution in [0.4, 0.5) is 0 Å². The minimum Gasteiger partial charge on any atom is -0.493 e. The van der Waals surface area contributed by atoms with Gasteiger partial charge in [-0.25, -0.2) is 0 Å². The molecular formula is C14H17NO4. The van der Waals surface area contributed by atoms with Crippen LogP contribution in [0.1, 0.15) is 24.8 Å². The molecule has 5 nitrogen and oxygen atoms in total. The van der Waals surface area contributed by atoms with E-state index in [-0.39, 0.29) is 18.4 Å². The van der Waals surface area contributed by atoms with E-state index in [0.717, 1.165) is 11.3 Å². The van der Waals surface area contributed by atoms with E-state index in [1.807, 2.05) is 24.3 Å². The first-order chi connectivity index (χ1) is 9.13. The van der Waals surface area contributed by atoms with Crippen LogP contribution in [-0.4, -0.2) is 41.6 Å². The van der Waals surface area contributed by atoms with Crippen molar-refractivity contribution in [1.82, 2.24) is 4.90 Å². The number of rotatable bonds is 4. The summed E-state index contributed by atoms with van der Waals surface area (Å²) in [6, 6.07) is 7.43. The summed E-state index contributed by atoms with van der Waals surface area (Å²) in [5.74, 6) is -0.709. The highest BCUT2D eigenvalue weighted by Gasteiger charge is 2.30. The number of fused-ring (bicyclic) bond motifs is 1. The highest BCUT2D eigenvalue weighted by atomic mass is 16.5. The second-order valence-electron chi connectivity index (χ2n) is 4.47. The number of nitrogens with zero attached hydrogens (tertiary/aromatic N) is 1. The Morgan fingerprint density at radius 2 is 2.16 bits per heavy atom. The zero-order chi connectivity index (χ0) is 13.8. The van der Waals surface area contributed by atoms with E-state index >= 15 is 0 Å². The molecular weight excluding hydrogens is 246 g/mol.